The van der Waals surface area contributed by atoms with Crippen molar-refractivity contribution in [3.8, 4) is 0 Å². The predicted molar refractivity (Wildman–Crippen MR) is 65.8 cm³/mol. The highest BCUT2D eigenvalue weighted by Crippen LogP contribution is 2.54. The van der Waals surface area contributed by atoms with E-state index in [9.17, 15) is 4.79 Å². The van der Waals surface area contributed by atoms with Crippen LogP contribution in [0.4, 0.5) is 0 Å². The van der Waals surface area contributed by atoms with Crippen molar-refractivity contribution >= 4 is 21.8 Å². The molecule has 0 bridgehead atoms. The summed E-state index contributed by atoms with van der Waals surface area (Å²) in [6.07, 6.45) is 3.65. The van der Waals surface area contributed by atoms with Crippen molar-refractivity contribution in [1.82, 2.24) is 15.5 Å². The van der Waals surface area contributed by atoms with Gasteiger partial charge in [0, 0.05) is 12.0 Å². The first-order chi connectivity index (χ1) is 8.16. The number of hydrogen-bond acceptors (Lipinski definition) is 3. The summed E-state index contributed by atoms with van der Waals surface area (Å²) in [5.74, 6) is 1.39. The van der Waals surface area contributed by atoms with Gasteiger partial charge in [-0.15, -0.1) is 0 Å². The third-order valence-electron chi connectivity index (χ3n) is 3.93. The van der Waals surface area contributed by atoms with Gasteiger partial charge >= 0.3 is 0 Å². The van der Waals surface area contributed by atoms with Crippen LogP contribution in [0.25, 0.3) is 0 Å². The Morgan fingerprint density at radius 2 is 2.41 bits per heavy atom. The maximum atomic E-state index is 12.0. The number of amides is 1. The summed E-state index contributed by atoms with van der Waals surface area (Å²) < 4.78 is 0.894. The normalized spacial score (nSPS) is 34.5. The zero-order chi connectivity index (χ0) is 12.0. The number of carbonyl (C=O) groups is 1. The van der Waals surface area contributed by atoms with E-state index in [1.807, 2.05) is 0 Å². The fourth-order valence-corrected chi connectivity index (χ4v) is 3.19. The van der Waals surface area contributed by atoms with Crippen LogP contribution < -0.4 is 11.1 Å². The lowest BCUT2D eigenvalue weighted by Gasteiger charge is -2.13. The third-order valence-corrected chi connectivity index (χ3v) is 4.61. The molecule has 4 atom stereocenters. The lowest BCUT2D eigenvalue weighted by Crippen LogP contribution is -2.32. The molecule has 0 aromatic carbocycles. The summed E-state index contributed by atoms with van der Waals surface area (Å²) in [6.45, 7) is 0.489. The Morgan fingerprint density at radius 1 is 1.59 bits per heavy atom. The highest BCUT2D eigenvalue weighted by atomic mass is 79.9. The molecule has 1 amide bonds. The maximum absolute atomic E-state index is 12.0. The van der Waals surface area contributed by atoms with E-state index in [0.717, 1.165) is 23.0 Å². The van der Waals surface area contributed by atoms with E-state index in [1.165, 1.54) is 0 Å². The summed E-state index contributed by atoms with van der Waals surface area (Å²) in [7, 11) is 0. The van der Waals surface area contributed by atoms with E-state index in [2.05, 4.69) is 31.4 Å². The minimum absolute atomic E-state index is 0.122. The van der Waals surface area contributed by atoms with Crippen molar-refractivity contribution in [2.75, 3.05) is 0 Å². The molecule has 3 rings (SSSR count). The summed E-state index contributed by atoms with van der Waals surface area (Å²) in [4.78, 5) is 12.0. The third kappa shape index (κ3) is 1.99. The van der Waals surface area contributed by atoms with Gasteiger partial charge in [0.05, 0.1) is 22.9 Å². The fraction of sp³-hybridized carbons (Fsp3) is 0.636. The molecule has 2 saturated carbocycles. The number of carbonyl (C=O) groups excluding carboxylic acids is 1. The number of hydrogen-bond donors (Lipinski definition) is 3. The summed E-state index contributed by atoms with van der Waals surface area (Å²) in [6, 6.07) is 0.231. The average molecular weight is 299 g/mol. The number of H-pyrrole nitrogens is 1. The number of aromatic nitrogens is 2. The van der Waals surface area contributed by atoms with Gasteiger partial charge in [0.15, 0.2) is 0 Å². The summed E-state index contributed by atoms with van der Waals surface area (Å²) in [5, 5.41) is 9.68. The average Bonchev–Trinajstić information content (AvgIpc) is 2.90. The van der Waals surface area contributed by atoms with Crippen molar-refractivity contribution in [3.05, 3.63) is 16.4 Å². The SMILES string of the molecule is N[C@@H]1C[C@H](C(=O)NCc2[nH]ncc2Br)[C@H]2C[C@H]21. The fourth-order valence-electron chi connectivity index (χ4n) is 2.86. The zero-order valence-electron chi connectivity index (χ0n) is 9.32. The molecule has 0 spiro atoms. The minimum atomic E-state index is 0.122. The van der Waals surface area contributed by atoms with E-state index >= 15 is 0 Å². The molecule has 0 radical (unpaired) electrons. The molecule has 2 aliphatic carbocycles. The van der Waals surface area contributed by atoms with Crippen LogP contribution in [0.1, 0.15) is 18.5 Å². The van der Waals surface area contributed by atoms with Crippen LogP contribution in [-0.4, -0.2) is 22.1 Å². The Balaban J connectivity index is 1.56. The Kier molecular flexibility index (Phi) is 2.71. The van der Waals surface area contributed by atoms with Gasteiger partial charge in [-0.2, -0.15) is 5.10 Å². The van der Waals surface area contributed by atoms with Crippen molar-refractivity contribution in [3.63, 3.8) is 0 Å². The number of halogens is 1. The number of nitrogens with zero attached hydrogens (tertiary/aromatic N) is 1. The molecule has 1 aromatic rings. The molecule has 6 heteroatoms. The molecular formula is C11H15BrN4O. The van der Waals surface area contributed by atoms with Gasteiger partial charge < -0.3 is 11.1 Å². The van der Waals surface area contributed by atoms with Crippen LogP contribution >= 0.6 is 15.9 Å². The molecule has 5 nitrogen and oxygen atoms in total. The second-order valence-corrected chi connectivity index (χ2v) is 5.84. The zero-order valence-corrected chi connectivity index (χ0v) is 10.9. The smallest absolute Gasteiger partial charge is 0.223 e. The van der Waals surface area contributed by atoms with E-state index in [4.69, 9.17) is 5.73 Å². The molecule has 92 valence electrons. The largest absolute Gasteiger partial charge is 0.350 e. The van der Waals surface area contributed by atoms with Crippen molar-refractivity contribution in [1.29, 1.82) is 0 Å². The van der Waals surface area contributed by atoms with Crippen LogP contribution in [0.5, 0.6) is 0 Å². The first-order valence-electron chi connectivity index (χ1n) is 5.88. The van der Waals surface area contributed by atoms with Crippen LogP contribution in [0.3, 0.4) is 0 Å². The molecule has 1 aromatic heterocycles. The second-order valence-electron chi connectivity index (χ2n) is 4.98. The first-order valence-corrected chi connectivity index (χ1v) is 6.67. The van der Waals surface area contributed by atoms with Crippen LogP contribution in [0, 0.1) is 17.8 Å². The van der Waals surface area contributed by atoms with Crippen LogP contribution in [0.2, 0.25) is 0 Å². The van der Waals surface area contributed by atoms with E-state index in [-0.39, 0.29) is 17.9 Å². The van der Waals surface area contributed by atoms with Crippen LogP contribution in [0.15, 0.2) is 10.7 Å². The van der Waals surface area contributed by atoms with Gasteiger partial charge in [-0.3, -0.25) is 9.89 Å². The second kappa shape index (κ2) is 4.10. The minimum Gasteiger partial charge on any atom is -0.350 e. The van der Waals surface area contributed by atoms with Gasteiger partial charge in [-0.05, 0) is 40.6 Å². The topological polar surface area (TPSA) is 83.8 Å². The molecular weight excluding hydrogens is 284 g/mol. The lowest BCUT2D eigenvalue weighted by atomic mass is 10.0. The van der Waals surface area contributed by atoms with Gasteiger partial charge in [0.2, 0.25) is 5.91 Å². The molecule has 17 heavy (non-hydrogen) atoms. The molecule has 0 aliphatic heterocycles. The van der Waals surface area contributed by atoms with Gasteiger partial charge in [-0.25, -0.2) is 0 Å². The number of nitrogens with two attached hydrogens (primary N) is 1. The molecule has 2 aliphatic rings. The first kappa shape index (κ1) is 11.2. The quantitative estimate of drug-likeness (QED) is 0.771. The summed E-state index contributed by atoms with van der Waals surface area (Å²) in [5.41, 5.74) is 6.86. The van der Waals surface area contributed by atoms with E-state index in [1.54, 1.807) is 6.20 Å². The molecule has 1 heterocycles. The molecule has 2 fully saturated rings. The van der Waals surface area contributed by atoms with Gasteiger partial charge in [-0.1, -0.05) is 0 Å². The van der Waals surface area contributed by atoms with Crippen molar-refractivity contribution < 1.29 is 4.79 Å². The Bertz CT molecular complexity index is 446. The van der Waals surface area contributed by atoms with Crippen molar-refractivity contribution in [2.45, 2.75) is 25.4 Å². The van der Waals surface area contributed by atoms with Gasteiger partial charge in [0.25, 0.3) is 0 Å². The molecule has 4 N–H and O–H groups in total. The molecule has 0 saturated heterocycles. The highest BCUT2D eigenvalue weighted by molar-refractivity contribution is 9.10. The monoisotopic (exact) mass is 298 g/mol. The maximum Gasteiger partial charge on any atom is 0.223 e. The van der Waals surface area contributed by atoms with Crippen LogP contribution in [-0.2, 0) is 11.3 Å². The van der Waals surface area contributed by atoms with Gasteiger partial charge in [0.1, 0.15) is 0 Å². The molecule has 0 unspecified atom stereocenters. The number of rotatable bonds is 3. The van der Waals surface area contributed by atoms with E-state index < -0.39 is 0 Å². The standard InChI is InChI=1S/C11H15BrN4O/c12-8-3-15-16-10(8)4-14-11(17)7-2-9(13)6-1-5(6)7/h3,5-7,9H,1-2,4,13H2,(H,14,17)(H,15,16)/t5-,6+,7-,9+/m0/s1. The highest BCUT2D eigenvalue weighted by Gasteiger charge is 2.55. The number of nitrogens with one attached hydrogen (secondary N) is 2. The number of fused-ring (bicyclic) bond motifs is 1. The predicted octanol–water partition coefficient (Wildman–Crippen LogP) is 0.772. The van der Waals surface area contributed by atoms with Crippen molar-refractivity contribution in [2.24, 2.45) is 23.5 Å². The van der Waals surface area contributed by atoms with E-state index in [0.29, 0.717) is 18.4 Å². The Morgan fingerprint density at radius 3 is 2.94 bits per heavy atom. The Hall–Kier alpha value is -0.880. The lowest BCUT2D eigenvalue weighted by molar-refractivity contribution is -0.125. The Labute approximate surface area is 108 Å². The summed E-state index contributed by atoms with van der Waals surface area (Å²) >= 11 is 3.36. The number of aromatic amines is 1.